The first-order valence-corrected chi connectivity index (χ1v) is 5.15. The van der Waals surface area contributed by atoms with Gasteiger partial charge in [0.1, 0.15) is 11.4 Å². The Hall–Kier alpha value is -2.91. The van der Waals surface area contributed by atoms with Gasteiger partial charge in [0.2, 0.25) is 0 Å². The average molecular weight is 260 g/mol. The number of aromatic nitrogens is 2. The molecule has 1 aliphatic rings. The highest BCUT2D eigenvalue weighted by Crippen LogP contribution is 2.22. The highest BCUT2D eigenvalue weighted by molar-refractivity contribution is 6.37. The molecule has 0 radical (unpaired) electrons. The van der Waals surface area contributed by atoms with Gasteiger partial charge in [0, 0.05) is 19.7 Å². The monoisotopic (exact) mass is 260 g/mol. The smallest absolute Gasteiger partial charge is 0.352 e. The summed E-state index contributed by atoms with van der Waals surface area (Å²) < 4.78 is 9.80. The number of nitriles is 1. The molecule has 8 nitrogen and oxygen atoms in total. The lowest BCUT2D eigenvalue weighted by atomic mass is 10.2. The molecule has 2 N–H and O–H groups in total. The summed E-state index contributed by atoms with van der Waals surface area (Å²) in [5.41, 5.74) is -0.781. The van der Waals surface area contributed by atoms with Gasteiger partial charge in [-0.05, 0) is 0 Å². The molecule has 2 heterocycles. The second kappa shape index (κ2) is 4.08. The lowest BCUT2D eigenvalue weighted by molar-refractivity contribution is -0.217. The maximum atomic E-state index is 11.7. The zero-order chi connectivity index (χ0) is 14.2. The third kappa shape index (κ3) is 2.10. The van der Waals surface area contributed by atoms with Crippen LogP contribution in [0.4, 0.5) is 0 Å². The highest BCUT2D eigenvalue weighted by atomic mass is 16.7. The van der Waals surface area contributed by atoms with E-state index in [1.165, 1.54) is 13.8 Å². The van der Waals surface area contributed by atoms with Crippen molar-refractivity contribution in [1.29, 1.82) is 10.7 Å². The number of imidazole rings is 1. The molecule has 0 unspecified atom stereocenters. The maximum absolute atomic E-state index is 11.7. The Kier molecular flexibility index (Phi) is 2.70. The Morgan fingerprint density at radius 2 is 1.89 bits per heavy atom. The number of carbonyl (C=O) groups is 2. The summed E-state index contributed by atoms with van der Waals surface area (Å²) in [4.78, 5) is 29.7. The van der Waals surface area contributed by atoms with Crippen molar-refractivity contribution in [3.63, 3.8) is 0 Å². The van der Waals surface area contributed by atoms with Crippen molar-refractivity contribution in [3.05, 3.63) is 16.5 Å². The van der Waals surface area contributed by atoms with Crippen LogP contribution in [-0.4, -0.2) is 33.6 Å². The van der Waals surface area contributed by atoms with Crippen LogP contribution in [0.3, 0.4) is 0 Å². The molecule has 0 atom stereocenters. The molecule has 0 aliphatic carbocycles. The molecule has 1 aromatic rings. The van der Waals surface area contributed by atoms with Gasteiger partial charge in [-0.1, -0.05) is 0 Å². The molecular formula is C11H8N4O4. The Bertz CT molecular complexity index is 740. The van der Waals surface area contributed by atoms with Crippen LogP contribution in [0.25, 0.3) is 5.57 Å². The van der Waals surface area contributed by atoms with Crippen molar-refractivity contribution >= 4 is 23.4 Å². The van der Waals surface area contributed by atoms with Crippen LogP contribution in [0.15, 0.2) is 0 Å². The van der Waals surface area contributed by atoms with Gasteiger partial charge in [-0.25, -0.2) is 14.6 Å². The van der Waals surface area contributed by atoms with Crippen LogP contribution >= 0.6 is 0 Å². The SMILES string of the molecule is CC1(C)OC(=O)C(=c2nc(C#N)c(=C=N)[nH]2)C(=O)O1. The summed E-state index contributed by atoms with van der Waals surface area (Å²) in [5, 5.41) is 15.7. The van der Waals surface area contributed by atoms with Gasteiger partial charge in [-0.3, -0.25) is 5.41 Å². The van der Waals surface area contributed by atoms with Crippen LogP contribution in [0, 0.1) is 16.7 Å². The fraction of sp³-hybridized carbons (Fsp3) is 0.273. The predicted molar refractivity (Wildman–Crippen MR) is 59.1 cm³/mol. The largest absolute Gasteiger partial charge is 0.419 e. The molecular weight excluding hydrogens is 252 g/mol. The van der Waals surface area contributed by atoms with E-state index in [0.29, 0.717) is 0 Å². The molecule has 0 saturated carbocycles. The van der Waals surface area contributed by atoms with E-state index >= 15 is 0 Å². The van der Waals surface area contributed by atoms with E-state index in [1.54, 1.807) is 6.07 Å². The number of rotatable bonds is 0. The molecule has 1 fully saturated rings. The number of carbonyl (C=O) groups excluding carboxylic acids is 2. The number of hydrogen-bond acceptors (Lipinski definition) is 7. The molecule has 8 heteroatoms. The quantitative estimate of drug-likeness (QED) is 0.417. The number of esters is 2. The van der Waals surface area contributed by atoms with Crippen LogP contribution < -0.4 is 10.8 Å². The number of H-pyrrole nitrogens is 1. The molecule has 19 heavy (non-hydrogen) atoms. The number of ether oxygens (including phenoxy) is 2. The van der Waals surface area contributed by atoms with E-state index in [9.17, 15) is 9.59 Å². The summed E-state index contributed by atoms with van der Waals surface area (Å²) in [5.74, 6) is -1.22. The van der Waals surface area contributed by atoms with Crippen LogP contribution in [0.1, 0.15) is 19.5 Å². The molecule has 1 aliphatic heterocycles. The second-order valence-electron chi connectivity index (χ2n) is 4.10. The molecule has 0 aromatic carbocycles. The third-order valence-electron chi connectivity index (χ3n) is 2.26. The number of cyclic esters (lactones) is 2. The first kappa shape index (κ1) is 12.5. The Morgan fingerprint density at radius 1 is 1.32 bits per heavy atom. The van der Waals surface area contributed by atoms with E-state index < -0.39 is 23.3 Å². The minimum absolute atomic E-state index is 0.0320. The third-order valence-corrected chi connectivity index (χ3v) is 2.26. The number of aromatic amines is 1. The van der Waals surface area contributed by atoms with Gasteiger partial charge in [-0.15, -0.1) is 0 Å². The summed E-state index contributed by atoms with van der Waals surface area (Å²) >= 11 is 0. The molecule has 96 valence electrons. The van der Waals surface area contributed by atoms with E-state index in [-0.39, 0.29) is 16.5 Å². The summed E-state index contributed by atoms with van der Waals surface area (Å²) in [6, 6.07) is 1.71. The number of nitrogens with zero attached hydrogens (tertiary/aromatic N) is 2. The molecule has 1 aromatic heterocycles. The van der Waals surface area contributed by atoms with Crippen molar-refractivity contribution in [3.8, 4) is 6.07 Å². The van der Waals surface area contributed by atoms with Gasteiger partial charge in [-0.2, -0.15) is 5.26 Å². The zero-order valence-electron chi connectivity index (χ0n) is 10.0. The van der Waals surface area contributed by atoms with Crippen LogP contribution in [-0.2, 0) is 19.1 Å². The van der Waals surface area contributed by atoms with Crippen LogP contribution in [0.5, 0.6) is 0 Å². The first-order chi connectivity index (χ1) is 8.88. The Balaban J connectivity index is 2.70. The van der Waals surface area contributed by atoms with Crippen molar-refractivity contribution in [1.82, 2.24) is 9.97 Å². The Labute approximate surface area is 106 Å². The normalized spacial score (nSPS) is 17.2. The van der Waals surface area contributed by atoms with E-state index in [0.717, 1.165) is 0 Å². The summed E-state index contributed by atoms with van der Waals surface area (Å²) in [7, 11) is 0. The molecule has 2 rings (SSSR count). The van der Waals surface area contributed by atoms with Crippen molar-refractivity contribution in [2.45, 2.75) is 19.6 Å². The van der Waals surface area contributed by atoms with Gasteiger partial charge in [0.25, 0.3) is 5.79 Å². The zero-order valence-corrected chi connectivity index (χ0v) is 10.0. The highest BCUT2D eigenvalue weighted by Gasteiger charge is 2.40. The topological polar surface area (TPSA) is 129 Å². The van der Waals surface area contributed by atoms with E-state index in [4.69, 9.17) is 20.1 Å². The fourth-order valence-electron chi connectivity index (χ4n) is 1.51. The number of hydrogen-bond donors (Lipinski definition) is 2. The van der Waals surface area contributed by atoms with Crippen molar-refractivity contribution in [2.24, 2.45) is 0 Å². The minimum atomic E-state index is -1.35. The molecule has 0 amide bonds. The van der Waals surface area contributed by atoms with E-state index in [1.807, 2.05) is 5.87 Å². The minimum Gasteiger partial charge on any atom is -0.419 e. The molecule has 0 bridgehead atoms. The van der Waals surface area contributed by atoms with Gasteiger partial charge in [0.05, 0.1) is 0 Å². The van der Waals surface area contributed by atoms with Gasteiger partial charge < -0.3 is 14.5 Å². The number of nitrogens with one attached hydrogen (secondary N) is 2. The second-order valence-corrected chi connectivity index (χ2v) is 4.10. The maximum Gasteiger partial charge on any atom is 0.352 e. The van der Waals surface area contributed by atoms with Gasteiger partial charge >= 0.3 is 11.9 Å². The lowest BCUT2D eigenvalue weighted by Crippen LogP contribution is -2.44. The summed E-state index contributed by atoms with van der Waals surface area (Å²) in [6.45, 7) is 2.83. The molecule has 0 spiro atoms. The summed E-state index contributed by atoms with van der Waals surface area (Å²) in [6.07, 6.45) is 0. The predicted octanol–water partition coefficient (Wildman–Crippen LogP) is -1.81. The average Bonchev–Trinajstić information content (AvgIpc) is 2.69. The van der Waals surface area contributed by atoms with Crippen LogP contribution in [0.2, 0.25) is 0 Å². The van der Waals surface area contributed by atoms with Crippen molar-refractivity contribution < 1.29 is 19.1 Å². The Morgan fingerprint density at radius 3 is 2.32 bits per heavy atom. The fourth-order valence-corrected chi connectivity index (χ4v) is 1.51. The lowest BCUT2D eigenvalue weighted by Gasteiger charge is -2.29. The first-order valence-electron chi connectivity index (χ1n) is 5.15. The molecule has 1 saturated heterocycles. The van der Waals surface area contributed by atoms with Gasteiger partial charge in [0.15, 0.2) is 16.7 Å². The van der Waals surface area contributed by atoms with E-state index in [2.05, 4.69) is 9.97 Å². The standard InChI is InChI=1S/C11H8N4O4/c1-11(2)18-9(16)7(10(17)19-11)8-14-5(3-12)6(4-13)15-8/h12,14H,1-2H3. The van der Waals surface area contributed by atoms with Crippen molar-refractivity contribution in [2.75, 3.05) is 0 Å².